The van der Waals surface area contributed by atoms with Gasteiger partial charge < -0.3 is 10.2 Å². The fourth-order valence-electron chi connectivity index (χ4n) is 2.96. The van der Waals surface area contributed by atoms with Gasteiger partial charge in [-0.15, -0.1) is 11.3 Å². The van der Waals surface area contributed by atoms with Crippen molar-refractivity contribution in [3.05, 3.63) is 53.4 Å². The summed E-state index contributed by atoms with van der Waals surface area (Å²) < 4.78 is 27.6. The molecule has 1 aliphatic heterocycles. The van der Waals surface area contributed by atoms with Gasteiger partial charge >= 0.3 is 6.03 Å². The zero-order valence-corrected chi connectivity index (χ0v) is 16.1. The van der Waals surface area contributed by atoms with Crippen molar-refractivity contribution < 1.29 is 13.2 Å². The standard InChI is InChI=1S/C18H23N3O3S2/c22-18(19-11-8-15-5-2-1-3-6-15)21-12-9-16(10-13-21)20-26(23,24)17-7-4-14-25-17/h1-7,14,16,20H,8-13H2,(H,19,22). The molecule has 2 aromatic rings. The molecule has 1 fully saturated rings. The molecule has 0 saturated carbocycles. The maximum absolute atomic E-state index is 12.3. The van der Waals surface area contributed by atoms with Crippen LogP contribution in [0.15, 0.2) is 52.1 Å². The van der Waals surface area contributed by atoms with Crippen LogP contribution in [0, 0.1) is 0 Å². The normalized spacial score (nSPS) is 15.8. The summed E-state index contributed by atoms with van der Waals surface area (Å²) in [5.74, 6) is 0. The van der Waals surface area contributed by atoms with Gasteiger partial charge in [0.2, 0.25) is 10.0 Å². The quantitative estimate of drug-likeness (QED) is 0.791. The SMILES string of the molecule is O=C(NCCc1ccccc1)N1CCC(NS(=O)(=O)c2cccs2)CC1. The van der Waals surface area contributed by atoms with E-state index in [9.17, 15) is 13.2 Å². The lowest BCUT2D eigenvalue weighted by Gasteiger charge is -2.32. The number of urea groups is 1. The number of carbonyl (C=O) groups excluding carboxylic acids is 1. The van der Waals surface area contributed by atoms with Crippen molar-refractivity contribution in [3.8, 4) is 0 Å². The van der Waals surface area contributed by atoms with Gasteiger partial charge in [0, 0.05) is 25.7 Å². The predicted molar refractivity (Wildman–Crippen MR) is 103 cm³/mol. The number of carbonyl (C=O) groups is 1. The van der Waals surface area contributed by atoms with Gasteiger partial charge in [0.05, 0.1) is 0 Å². The first kappa shape index (κ1) is 18.9. The molecule has 2 heterocycles. The molecule has 1 aromatic heterocycles. The van der Waals surface area contributed by atoms with Crippen molar-refractivity contribution in [3.63, 3.8) is 0 Å². The van der Waals surface area contributed by atoms with Crippen molar-refractivity contribution in [2.24, 2.45) is 0 Å². The maximum atomic E-state index is 12.3. The molecule has 3 rings (SSSR count). The minimum Gasteiger partial charge on any atom is -0.338 e. The molecule has 1 aliphatic rings. The molecule has 1 aromatic carbocycles. The van der Waals surface area contributed by atoms with Crippen LogP contribution in [0.25, 0.3) is 0 Å². The zero-order chi connectivity index (χ0) is 18.4. The topological polar surface area (TPSA) is 78.5 Å². The third-order valence-electron chi connectivity index (χ3n) is 4.40. The highest BCUT2D eigenvalue weighted by atomic mass is 32.2. The number of nitrogens with one attached hydrogen (secondary N) is 2. The van der Waals surface area contributed by atoms with Crippen molar-refractivity contribution in [2.75, 3.05) is 19.6 Å². The molecule has 0 radical (unpaired) electrons. The Bertz CT molecular complexity index is 799. The van der Waals surface area contributed by atoms with Gasteiger partial charge in [-0.05, 0) is 36.3 Å². The van der Waals surface area contributed by atoms with E-state index in [1.807, 2.05) is 30.3 Å². The number of likely N-dealkylation sites (tertiary alicyclic amines) is 1. The number of thiophene rings is 1. The number of rotatable bonds is 6. The van der Waals surface area contributed by atoms with Crippen molar-refractivity contribution in [1.82, 2.24) is 14.9 Å². The molecule has 0 unspecified atom stereocenters. The fourth-order valence-corrected chi connectivity index (χ4v) is 5.28. The summed E-state index contributed by atoms with van der Waals surface area (Å²) in [6.45, 7) is 1.69. The molecule has 26 heavy (non-hydrogen) atoms. The van der Waals surface area contributed by atoms with E-state index < -0.39 is 10.0 Å². The molecule has 8 heteroatoms. The summed E-state index contributed by atoms with van der Waals surface area (Å²) >= 11 is 1.21. The molecule has 0 atom stereocenters. The van der Waals surface area contributed by atoms with Gasteiger partial charge in [0.1, 0.15) is 4.21 Å². The minimum absolute atomic E-state index is 0.0829. The third-order valence-corrected chi connectivity index (χ3v) is 7.31. The number of hydrogen-bond donors (Lipinski definition) is 2. The Balaban J connectivity index is 1.41. The number of benzene rings is 1. The first-order valence-electron chi connectivity index (χ1n) is 8.67. The summed E-state index contributed by atoms with van der Waals surface area (Å²) in [5.41, 5.74) is 1.19. The second kappa shape index (κ2) is 8.66. The second-order valence-corrected chi connectivity index (χ2v) is 9.17. The van der Waals surface area contributed by atoms with E-state index in [-0.39, 0.29) is 12.1 Å². The maximum Gasteiger partial charge on any atom is 0.317 e. The van der Waals surface area contributed by atoms with Crippen molar-refractivity contribution in [1.29, 1.82) is 0 Å². The van der Waals surface area contributed by atoms with Crippen LogP contribution in [0.4, 0.5) is 4.79 Å². The second-order valence-electron chi connectivity index (χ2n) is 6.28. The number of piperidine rings is 1. The van der Waals surface area contributed by atoms with Gasteiger partial charge in [-0.1, -0.05) is 36.4 Å². The highest BCUT2D eigenvalue weighted by Crippen LogP contribution is 2.18. The van der Waals surface area contributed by atoms with Gasteiger partial charge in [0.15, 0.2) is 0 Å². The van der Waals surface area contributed by atoms with Gasteiger partial charge in [0.25, 0.3) is 0 Å². The summed E-state index contributed by atoms with van der Waals surface area (Å²) in [4.78, 5) is 14.0. The van der Waals surface area contributed by atoms with Crippen molar-refractivity contribution in [2.45, 2.75) is 29.5 Å². The molecule has 2 N–H and O–H groups in total. The minimum atomic E-state index is -3.45. The third kappa shape index (κ3) is 5.06. The number of hydrogen-bond acceptors (Lipinski definition) is 4. The van der Waals surface area contributed by atoms with Crippen LogP contribution in [0.5, 0.6) is 0 Å². The lowest BCUT2D eigenvalue weighted by molar-refractivity contribution is 0.180. The number of sulfonamides is 1. The number of nitrogens with zero attached hydrogens (tertiary/aromatic N) is 1. The monoisotopic (exact) mass is 393 g/mol. The Kier molecular flexibility index (Phi) is 6.29. The van der Waals surface area contributed by atoms with Crippen LogP contribution < -0.4 is 10.0 Å². The van der Waals surface area contributed by atoms with E-state index in [1.54, 1.807) is 22.4 Å². The molecular formula is C18H23N3O3S2. The summed E-state index contributed by atoms with van der Waals surface area (Å²) in [7, 11) is -3.45. The van der Waals surface area contributed by atoms with Crippen molar-refractivity contribution >= 4 is 27.4 Å². The lowest BCUT2D eigenvalue weighted by atomic mass is 10.1. The van der Waals surface area contributed by atoms with E-state index >= 15 is 0 Å². The molecule has 2 amide bonds. The summed E-state index contributed by atoms with van der Waals surface area (Å²) in [6.07, 6.45) is 2.04. The van der Waals surface area contributed by atoms with E-state index in [1.165, 1.54) is 16.9 Å². The van der Waals surface area contributed by atoms with E-state index in [0.717, 1.165) is 6.42 Å². The van der Waals surface area contributed by atoms with Crippen LogP contribution in [0.3, 0.4) is 0 Å². The van der Waals surface area contributed by atoms with Crippen LogP contribution >= 0.6 is 11.3 Å². The van der Waals surface area contributed by atoms with E-state index in [4.69, 9.17) is 0 Å². The predicted octanol–water partition coefficient (Wildman–Crippen LogP) is 2.44. The molecule has 0 spiro atoms. The van der Waals surface area contributed by atoms with Gasteiger partial charge in [-0.3, -0.25) is 0 Å². The molecule has 6 nitrogen and oxygen atoms in total. The average Bonchev–Trinajstić information content (AvgIpc) is 3.19. The lowest BCUT2D eigenvalue weighted by Crippen LogP contribution is -2.49. The largest absolute Gasteiger partial charge is 0.338 e. The molecular weight excluding hydrogens is 370 g/mol. The Morgan fingerprint density at radius 3 is 2.50 bits per heavy atom. The van der Waals surface area contributed by atoms with Gasteiger partial charge in [-0.2, -0.15) is 0 Å². The Morgan fingerprint density at radius 2 is 1.85 bits per heavy atom. The summed E-state index contributed by atoms with van der Waals surface area (Å²) in [6, 6.07) is 13.1. The van der Waals surface area contributed by atoms with Crippen LogP contribution in [0.1, 0.15) is 18.4 Å². The van der Waals surface area contributed by atoms with Crippen LogP contribution in [-0.4, -0.2) is 45.0 Å². The van der Waals surface area contributed by atoms with Crippen LogP contribution in [0.2, 0.25) is 0 Å². The Hall–Kier alpha value is -1.90. The first-order chi connectivity index (χ1) is 12.5. The smallest absolute Gasteiger partial charge is 0.317 e. The Morgan fingerprint density at radius 1 is 1.12 bits per heavy atom. The van der Waals surface area contributed by atoms with Crippen LogP contribution in [-0.2, 0) is 16.4 Å². The molecule has 0 bridgehead atoms. The molecule has 0 aliphatic carbocycles. The number of amides is 2. The highest BCUT2D eigenvalue weighted by Gasteiger charge is 2.26. The first-order valence-corrected chi connectivity index (χ1v) is 11.0. The average molecular weight is 394 g/mol. The zero-order valence-electron chi connectivity index (χ0n) is 14.4. The Labute approximate surface area is 158 Å². The van der Waals surface area contributed by atoms with E-state index in [0.29, 0.717) is 36.7 Å². The summed E-state index contributed by atoms with van der Waals surface area (Å²) in [5, 5.41) is 4.68. The van der Waals surface area contributed by atoms with E-state index in [2.05, 4.69) is 10.0 Å². The van der Waals surface area contributed by atoms with Gasteiger partial charge in [-0.25, -0.2) is 17.9 Å². The fraction of sp³-hybridized carbons (Fsp3) is 0.389. The molecule has 140 valence electrons. The highest BCUT2D eigenvalue weighted by molar-refractivity contribution is 7.91. The molecule has 1 saturated heterocycles.